The number of carbonyl (C=O) groups excluding carboxylic acids is 2. The second kappa shape index (κ2) is 6.02. The second-order valence-electron chi connectivity index (χ2n) is 4.47. The smallest absolute Gasteiger partial charge is 0.339 e. The van der Waals surface area contributed by atoms with E-state index in [1.807, 2.05) is 19.1 Å². The molecule has 0 bridgehead atoms. The highest BCUT2D eigenvalue weighted by Crippen LogP contribution is 2.19. The Hall–Kier alpha value is -2.62. The predicted molar refractivity (Wildman–Crippen MR) is 75.0 cm³/mol. The van der Waals surface area contributed by atoms with Gasteiger partial charge in [-0.1, -0.05) is 48.0 Å². The molecule has 1 amide bonds. The number of ether oxygens (including phenoxy) is 1. The van der Waals surface area contributed by atoms with Gasteiger partial charge in [-0.3, -0.25) is 4.79 Å². The molecule has 2 rings (SSSR count). The average Bonchev–Trinajstić information content (AvgIpc) is 2.45. The van der Waals surface area contributed by atoms with Crippen LogP contribution < -0.4 is 5.73 Å². The number of esters is 1. The van der Waals surface area contributed by atoms with E-state index < -0.39 is 18.0 Å². The molecule has 0 aliphatic carbocycles. The zero-order valence-electron chi connectivity index (χ0n) is 11.1. The maximum absolute atomic E-state index is 12.1. The van der Waals surface area contributed by atoms with Crippen LogP contribution in [-0.2, 0) is 9.53 Å². The van der Waals surface area contributed by atoms with Crippen LogP contribution in [0.5, 0.6) is 0 Å². The molecule has 4 nitrogen and oxygen atoms in total. The first-order valence-electron chi connectivity index (χ1n) is 6.20. The van der Waals surface area contributed by atoms with E-state index in [-0.39, 0.29) is 0 Å². The third-order valence-corrected chi connectivity index (χ3v) is 2.84. The number of primary amides is 1. The van der Waals surface area contributed by atoms with Crippen molar-refractivity contribution < 1.29 is 14.3 Å². The predicted octanol–water partition coefficient (Wildman–Crippen LogP) is 2.38. The summed E-state index contributed by atoms with van der Waals surface area (Å²) in [6, 6.07) is 15.7. The van der Waals surface area contributed by atoms with Crippen LogP contribution in [-0.4, -0.2) is 11.9 Å². The molecule has 2 N–H and O–H groups in total. The van der Waals surface area contributed by atoms with Crippen molar-refractivity contribution in [3.8, 4) is 0 Å². The van der Waals surface area contributed by atoms with Crippen LogP contribution in [0, 0.1) is 6.92 Å². The summed E-state index contributed by atoms with van der Waals surface area (Å²) in [6.45, 7) is 1.87. The minimum atomic E-state index is -1.08. The number of hydrogen-bond donors (Lipinski definition) is 1. The lowest BCUT2D eigenvalue weighted by atomic mass is 10.1. The average molecular weight is 269 g/mol. The second-order valence-corrected chi connectivity index (χ2v) is 4.47. The number of carbonyl (C=O) groups is 2. The lowest BCUT2D eigenvalue weighted by Gasteiger charge is -2.15. The van der Waals surface area contributed by atoms with Gasteiger partial charge in [-0.15, -0.1) is 0 Å². The van der Waals surface area contributed by atoms with Gasteiger partial charge in [0, 0.05) is 5.56 Å². The standard InChI is InChI=1S/C16H15NO3/c1-11-6-5-9-13(10-11)16(19)20-14(15(17)18)12-7-3-2-4-8-12/h2-10,14H,1H3,(H2,17,18)/t14-/m1/s1. The van der Waals surface area contributed by atoms with Gasteiger partial charge in [0.2, 0.25) is 6.10 Å². The molecule has 2 aromatic rings. The Bertz CT molecular complexity index is 623. The summed E-state index contributed by atoms with van der Waals surface area (Å²) in [7, 11) is 0. The number of benzene rings is 2. The van der Waals surface area contributed by atoms with Gasteiger partial charge in [-0.25, -0.2) is 4.79 Å². The normalized spacial score (nSPS) is 11.7. The number of amides is 1. The molecule has 0 radical (unpaired) electrons. The van der Waals surface area contributed by atoms with Gasteiger partial charge in [0.15, 0.2) is 0 Å². The Morgan fingerprint density at radius 3 is 2.35 bits per heavy atom. The molecule has 0 aliphatic heterocycles. The molecule has 0 saturated heterocycles. The maximum Gasteiger partial charge on any atom is 0.339 e. The summed E-state index contributed by atoms with van der Waals surface area (Å²) in [4.78, 5) is 23.5. The van der Waals surface area contributed by atoms with Gasteiger partial charge >= 0.3 is 5.97 Å². The van der Waals surface area contributed by atoms with Crippen molar-refractivity contribution >= 4 is 11.9 Å². The van der Waals surface area contributed by atoms with Crippen LogP contribution in [0.4, 0.5) is 0 Å². The van der Waals surface area contributed by atoms with Crippen LogP contribution in [0.3, 0.4) is 0 Å². The van der Waals surface area contributed by atoms with Crippen LogP contribution in [0.25, 0.3) is 0 Å². The first-order chi connectivity index (χ1) is 9.58. The zero-order chi connectivity index (χ0) is 14.5. The summed E-state index contributed by atoms with van der Waals surface area (Å²) in [6.07, 6.45) is -1.08. The Balaban J connectivity index is 2.21. The molecular weight excluding hydrogens is 254 g/mol. The molecule has 102 valence electrons. The van der Waals surface area contributed by atoms with Gasteiger partial charge in [0.05, 0.1) is 5.56 Å². The molecule has 2 aromatic carbocycles. The number of rotatable bonds is 4. The largest absolute Gasteiger partial charge is 0.444 e. The third kappa shape index (κ3) is 3.23. The van der Waals surface area contributed by atoms with Crippen LogP contribution in [0.1, 0.15) is 27.6 Å². The van der Waals surface area contributed by atoms with Gasteiger partial charge in [0.1, 0.15) is 0 Å². The maximum atomic E-state index is 12.1. The molecular formula is C16H15NO3. The number of aryl methyl sites for hydroxylation is 1. The molecule has 0 saturated carbocycles. The van der Waals surface area contributed by atoms with Crippen LogP contribution >= 0.6 is 0 Å². The van der Waals surface area contributed by atoms with Crippen molar-refractivity contribution in [2.75, 3.05) is 0 Å². The van der Waals surface area contributed by atoms with Gasteiger partial charge in [-0.05, 0) is 19.1 Å². The SMILES string of the molecule is Cc1cccc(C(=O)O[C@@H](C(N)=O)c2ccccc2)c1. The van der Waals surface area contributed by atoms with Crippen LogP contribution in [0.2, 0.25) is 0 Å². The lowest BCUT2D eigenvalue weighted by Crippen LogP contribution is -2.26. The van der Waals surface area contributed by atoms with E-state index >= 15 is 0 Å². The van der Waals surface area contributed by atoms with Crippen molar-refractivity contribution in [1.82, 2.24) is 0 Å². The minimum Gasteiger partial charge on any atom is -0.444 e. The Morgan fingerprint density at radius 2 is 1.75 bits per heavy atom. The highest BCUT2D eigenvalue weighted by Gasteiger charge is 2.23. The fourth-order valence-corrected chi connectivity index (χ4v) is 1.87. The summed E-state index contributed by atoms with van der Waals surface area (Å²) in [5, 5.41) is 0. The molecule has 0 heterocycles. The van der Waals surface area contributed by atoms with E-state index in [0.29, 0.717) is 11.1 Å². The molecule has 0 fully saturated rings. The lowest BCUT2D eigenvalue weighted by molar-refractivity contribution is -0.127. The molecule has 0 unspecified atom stereocenters. The fraction of sp³-hybridized carbons (Fsp3) is 0.125. The first-order valence-corrected chi connectivity index (χ1v) is 6.20. The van der Waals surface area contributed by atoms with Crippen LogP contribution in [0.15, 0.2) is 54.6 Å². The van der Waals surface area contributed by atoms with Gasteiger partial charge in [0.25, 0.3) is 5.91 Å². The molecule has 1 atom stereocenters. The van der Waals surface area contributed by atoms with Crippen molar-refractivity contribution in [3.63, 3.8) is 0 Å². The summed E-state index contributed by atoms with van der Waals surface area (Å²) < 4.78 is 5.23. The van der Waals surface area contributed by atoms with E-state index in [1.165, 1.54) is 0 Å². The van der Waals surface area contributed by atoms with E-state index in [2.05, 4.69) is 0 Å². The Kier molecular flexibility index (Phi) is 4.15. The molecule has 0 aromatic heterocycles. The van der Waals surface area contributed by atoms with Gasteiger partial charge in [-0.2, -0.15) is 0 Å². The third-order valence-electron chi connectivity index (χ3n) is 2.84. The van der Waals surface area contributed by atoms with Crippen molar-refractivity contribution in [2.45, 2.75) is 13.0 Å². The Morgan fingerprint density at radius 1 is 1.05 bits per heavy atom. The van der Waals surface area contributed by atoms with Crippen molar-refractivity contribution in [2.24, 2.45) is 5.73 Å². The van der Waals surface area contributed by atoms with Crippen molar-refractivity contribution in [3.05, 3.63) is 71.3 Å². The number of hydrogen-bond acceptors (Lipinski definition) is 3. The number of nitrogens with two attached hydrogens (primary N) is 1. The van der Waals surface area contributed by atoms with E-state index in [0.717, 1.165) is 5.56 Å². The fourth-order valence-electron chi connectivity index (χ4n) is 1.87. The van der Waals surface area contributed by atoms with Gasteiger partial charge < -0.3 is 10.5 Å². The van der Waals surface area contributed by atoms with Crippen molar-refractivity contribution in [1.29, 1.82) is 0 Å². The summed E-state index contributed by atoms with van der Waals surface area (Å²) >= 11 is 0. The monoisotopic (exact) mass is 269 g/mol. The molecule has 4 heteroatoms. The zero-order valence-corrected chi connectivity index (χ0v) is 11.1. The molecule has 20 heavy (non-hydrogen) atoms. The summed E-state index contributed by atoms with van der Waals surface area (Å²) in [5.74, 6) is -1.27. The van der Waals surface area contributed by atoms with E-state index in [4.69, 9.17) is 10.5 Å². The quantitative estimate of drug-likeness (QED) is 0.866. The first kappa shape index (κ1) is 13.8. The van der Waals surface area contributed by atoms with E-state index in [1.54, 1.807) is 42.5 Å². The highest BCUT2D eigenvalue weighted by molar-refractivity contribution is 5.92. The molecule has 0 aliphatic rings. The Labute approximate surface area is 117 Å². The highest BCUT2D eigenvalue weighted by atomic mass is 16.5. The van der Waals surface area contributed by atoms with E-state index in [9.17, 15) is 9.59 Å². The molecule has 0 spiro atoms. The summed E-state index contributed by atoms with van der Waals surface area (Å²) in [5.41, 5.74) is 7.20. The minimum absolute atomic E-state index is 0.396. The topological polar surface area (TPSA) is 69.4 Å².